The van der Waals surface area contributed by atoms with Gasteiger partial charge in [0.05, 0.1) is 30.0 Å². The molecule has 2 aromatic rings. The van der Waals surface area contributed by atoms with Crippen LogP contribution in [0.2, 0.25) is 0 Å². The van der Waals surface area contributed by atoms with E-state index in [1.54, 1.807) is 5.30 Å². The van der Waals surface area contributed by atoms with Gasteiger partial charge < -0.3 is 0 Å². The second-order valence-corrected chi connectivity index (χ2v) is 10.9. The van der Waals surface area contributed by atoms with E-state index in [0.717, 1.165) is 11.4 Å². The summed E-state index contributed by atoms with van der Waals surface area (Å²) in [4.78, 5) is 4.50. The fourth-order valence-corrected chi connectivity index (χ4v) is 6.51. The molecule has 0 atom stereocenters. The van der Waals surface area contributed by atoms with Gasteiger partial charge in [-0.05, 0) is 49.9 Å². The zero-order valence-corrected chi connectivity index (χ0v) is 14.0. The summed E-state index contributed by atoms with van der Waals surface area (Å²) in [5, 5.41) is 1.57. The lowest BCUT2D eigenvalue weighted by molar-refractivity contribution is 0.510. The third kappa shape index (κ3) is 3.19. The minimum absolute atomic E-state index is 0.922. The van der Waals surface area contributed by atoms with Gasteiger partial charge in [-0.3, -0.25) is 4.98 Å². The van der Waals surface area contributed by atoms with Crippen molar-refractivity contribution in [2.45, 2.75) is 37.8 Å². The molecule has 0 unspecified atom stereocenters. The van der Waals surface area contributed by atoms with Gasteiger partial charge >= 0.3 is 0 Å². The van der Waals surface area contributed by atoms with Crippen LogP contribution in [-0.2, 0) is 0 Å². The maximum absolute atomic E-state index is 4.50. The molecule has 1 fully saturated rings. The Hall–Kier alpha value is -1.20. The summed E-state index contributed by atoms with van der Waals surface area (Å²) in [5.41, 5.74) is 3.27. The summed E-state index contributed by atoms with van der Waals surface area (Å²) in [6.07, 6.45) is 9.01. The van der Waals surface area contributed by atoms with E-state index in [1.807, 2.05) is 12.3 Å². The molecule has 1 aromatic heterocycles. The van der Waals surface area contributed by atoms with Crippen molar-refractivity contribution in [3.8, 4) is 11.3 Å². The number of hydrogen-bond acceptors (Lipinski definition) is 1. The van der Waals surface area contributed by atoms with Gasteiger partial charge in [-0.1, -0.05) is 24.6 Å². The molecular weight excluding hydrogens is 273 g/mol. The normalized spacial score (nSPS) is 16.9. The standard InChI is InChI=1S/C19H25NP/c1-21(2,17-10-4-3-5-11-17)18-12-8-9-16(15-18)19-13-6-7-14-20-19/h6-9,12-15,17H,3-5,10-11H2,1-2H3/q+1. The Bertz CT molecular complexity index is 586. The molecule has 0 amide bonds. The summed E-state index contributed by atoms with van der Waals surface area (Å²) in [6, 6.07) is 15.3. The molecule has 1 aliphatic carbocycles. The van der Waals surface area contributed by atoms with Gasteiger partial charge in [-0.15, -0.1) is 0 Å². The van der Waals surface area contributed by atoms with Crippen LogP contribution in [0.25, 0.3) is 11.3 Å². The molecule has 1 aliphatic rings. The zero-order chi connectivity index (χ0) is 14.7. The lowest BCUT2D eigenvalue weighted by Crippen LogP contribution is -2.24. The molecule has 2 heteroatoms. The number of benzene rings is 1. The molecule has 0 saturated heterocycles. The van der Waals surface area contributed by atoms with Crippen LogP contribution in [0.5, 0.6) is 0 Å². The topological polar surface area (TPSA) is 12.9 Å². The monoisotopic (exact) mass is 298 g/mol. The van der Waals surface area contributed by atoms with Gasteiger partial charge in [-0.2, -0.15) is 0 Å². The van der Waals surface area contributed by atoms with E-state index in [2.05, 4.69) is 54.7 Å². The van der Waals surface area contributed by atoms with E-state index < -0.39 is 7.26 Å². The third-order valence-electron chi connectivity index (χ3n) is 4.96. The Kier molecular flexibility index (Phi) is 4.40. The molecule has 3 rings (SSSR count). The van der Waals surface area contributed by atoms with Crippen molar-refractivity contribution in [3.05, 3.63) is 48.7 Å². The van der Waals surface area contributed by atoms with Crippen molar-refractivity contribution in [2.75, 3.05) is 13.3 Å². The van der Waals surface area contributed by atoms with Gasteiger partial charge in [0, 0.05) is 19.0 Å². The minimum Gasteiger partial charge on any atom is -0.256 e. The predicted octanol–water partition coefficient (Wildman–Crippen LogP) is 4.98. The van der Waals surface area contributed by atoms with Gasteiger partial charge in [0.2, 0.25) is 0 Å². The van der Waals surface area contributed by atoms with Gasteiger partial charge in [0.25, 0.3) is 0 Å². The summed E-state index contributed by atoms with van der Waals surface area (Å²) in [5.74, 6) is 0. The fraction of sp³-hybridized carbons (Fsp3) is 0.421. The Morgan fingerprint density at radius 1 is 0.952 bits per heavy atom. The number of pyridine rings is 1. The van der Waals surface area contributed by atoms with Crippen LogP contribution in [0.3, 0.4) is 0 Å². The predicted molar refractivity (Wildman–Crippen MR) is 94.9 cm³/mol. The summed E-state index contributed by atoms with van der Waals surface area (Å²) >= 11 is 0. The SMILES string of the molecule is C[P+](C)(c1cccc(-c2ccccn2)c1)C1CCCCC1. The smallest absolute Gasteiger partial charge is 0.0943 e. The van der Waals surface area contributed by atoms with Crippen molar-refractivity contribution >= 4 is 12.6 Å². The summed E-state index contributed by atoms with van der Waals surface area (Å²) < 4.78 is 0. The molecule has 1 aromatic carbocycles. The Labute approximate surface area is 129 Å². The molecular formula is C19H25NP+. The summed E-state index contributed by atoms with van der Waals surface area (Å²) in [7, 11) is -1.05. The number of hydrogen-bond donors (Lipinski definition) is 0. The first-order valence-electron chi connectivity index (χ1n) is 8.03. The van der Waals surface area contributed by atoms with Crippen LogP contribution in [0.4, 0.5) is 0 Å². The maximum atomic E-state index is 4.50. The molecule has 21 heavy (non-hydrogen) atoms. The highest BCUT2D eigenvalue weighted by atomic mass is 31.2. The van der Waals surface area contributed by atoms with Crippen molar-refractivity contribution in [1.29, 1.82) is 0 Å². The zero-order valence-electron chi connectivity index (χ0n) is 13.1. The molecule has 1 heterocycles. The quantitative estimate of drug-likeness (QED) is 0.728. The first-order valence-corrected chi connectivity index (χ1v) is 10.8. The Morgan fingerprint density at radius 2 is 1.76 bits per heavy atom. The molecule has 110 valence electrons. The van der Waals surface area contributed by atoms with Crippen molar-refractivity contribution in [1.82, 2.24) is 4.98 Å². The van der Waals surface area contributed by atoms with Gasteiger partial charge in [0.1, 0.15) is 0 Å². The number of nitrogens with zero attached hydrogens (tertiary/aromatic N) is 1. The van der Waals surface area contributed by atoms with Crippen LogP contribution < -0.4 is 5.30 Å². The van der Waals surface area contributed by atoms with E-state index in [1.165, 1.54) is 37.7 Å². The Balaban J connectivity index is 1.91. The van der Waals surface area contributed by atoms with Crippen LogP contribution in [-0.4, -0.2) is 24.0 Å². The number of rotatable bonds is 3. The van der Waals surface area contributed by atoms with E-state index in [0.29, 0.717) is 0 Å². The molecule has 0 spiro atoms. The third-order valence-corrected chi connectivity index (χ3v) is 8.91. The highest BCUT2D eigenvalue weighted by molar-refractivity contribution is 7.82. The molecule has 0 N–H and O–H groups in total. The molecule has 0 bridgehead atoms. The van der Waals surface area contributed by atoms with Crippen LogP contribution in [0.1, 0.15) is 32.1 Å². The van der Waals surface area contributed by atoms with Crippen molar-refractivity contribution < 1.29 is 0 Å². The summed E-state index contributed by atoms with van der Waals surface area (Å²) in [6.45, 7) is 5.06. The van der Waals surface area contributed by atoms with Crippen LogP contribution in [0, 0.1) is 0 Å². The lowest BCUT2D eigenvalue weighted by atomic mass is 10.0. The van der Waals surface area contributed by atoms with Crippen LogP contribution in [0.15, 0.2) is 48.7 Å². The highest BCUT2D eigenvalue weighted by Gasteiger charge is 2.39. The van der Waals surface area contributed by atoms with E-state index in [4.69, 9.17) is 0 Å². The van der Waals surface area contributed by atoms with Crippen molar-refractivity contribution in [3.63, 3.8) is 0 Å². The second-order valence-electron chi connectivity index (χ2n) is 6.60. The first kappa shape index (κ1) is 14.7. The number of aromatic nitrogens is 1. The first-order chi connectivity index (χ1) is 10.2. The Morgan fingerprint density at radius 3 is 2.48 bits per heavy atom. The minimum atomic E-state index is -1.05. The highest BCUT2D eigenvalue weighted by Crippen LogP contribution is 2.59. The molecule has 1 saturated carbocycles. The average Bonchev–Trinajstić information content (AvgIpc) is 2.57. The van der Waals surface area contributed by atoms with Gasteiger partial charge in [-0.25, -0.2) is 0 Å². The molecule has 1 nitrogen and oxygen atoms in total. The van der Waals surface area contributed by atoms with Crippen molar-refractivity contribution in [2.24, 2.45) is 0 Å². The molecule has 0 aliphatic heterocycles. The van der Waals surface area contributed by atoms with E-state index in [9.17, 15) is 0 Å². The van der Waals surface area contributed by atoms with Crippen LogP contribution >= 0.6 is 7.26 Å². The lowest BCUT2D eigenvalue weighted by Gasteiger charge is -2.31. The van der Waals surface area contributed by atoms with E-state index >= 15 is 0 Å². The fourth-order valence-electron chi connectivity index (χ4n) is 3.49. The van der Waals surface area contributed by atoms with Gasteiger partial charge in [0.15, 0.2) is 0 Å². The largest absolute Gasteiger partial charge is 0.256 e. The molecule has 0 radical (unpaired) electrons. The average molecular weight is 298 g/mol. The maximum Gasteiger partial charge on any atom is 0.0943 e. The second kappa shape index (κ2) is 6.28. The van der Waals surface area contributed by atoms with E-state index in [-0.39, 0.29) is 0 Å².